The molecule has 200 valence electrons. The fourth-order valence-corrected chi connectivity index (χ4v) is 5.51. The first-order valence-corrected chi connectivity index (χ1v) is 13.3. The van der Waals surface area contributed by atoms with Gasteiger partial charge in [-0.2, -0.15) is 0 Å². The van der Waals surface area contributed by atoms with E-state index in [1.807, 2.05) is 48.5 Å². The highest BCUT2D eigenvalue weighted by molar-refractivity contribution is 5.92. The second kappa shape index (κ2) is 11.2. The van der Waals surface area contributed by atoms with Gasteiger partial charge in [0.2, 0.25) is 0 Å². The van der Waals surface area contributed by atoms with Crippen LogP contribution >= 0.6 is 0 Å². The number of aryl methyl sites for hydroxylation is 1. The lowest BCUT2D eigenvalue weighted by atomic mass is 9.91. The molecule has 3 aromatic rings. The molecule has 2 aliphatic heterocycles. The number of cyclic esters (lactones) is 2. The summed E-state index contributed by atoms with van der Waals surface area (Å²) in [5.74, 6) is -0.799. The Balaban J connectivity index is 1.14. The van der Waals surface area contributed by atoms with Crippen LogP contribution in [-0.4, -0.2) is 40.1 Å². The molecule has 0 spiro atoms. The molecule has 0 amide bonds. The third-order valence-electron chi connectivity index (χ3n) is 7.71. The van der Waals surface area contributed by atoms with Crippen molar-refractivity contribution in [1.29, 1.82) is 0 Å². The summed E-state index contributed by atoms with van der Waals surface area (Å²) in [7, 11) is 1.70. The molecule has 9 nitrogen and oxygen atoms in total. The van der Waals surface area contributed by atoms with Gasteiger partial charge in [-0.1, -0.05) is 30.3 Å². The highest BCUT2D eigenvalue weighted by atomic mass is 16.6. The van der Waals surface area contributed by atoms with Crippen LogP contribution in [0.2, 0.25) is 0 Å². The van der Waals surface area contributed by atoms with E-state index < -0.39 is 18.0 Å². The zero-order valence-electron chi connectivity index (χ0n) is 21.6. The van der Waals surface area contributed by atoms with Crippen LogP contribution in [0.4, 0.5) is 5.69 Å². The number of benzene rings is 2. The van der Waals surface area contributed by atoms with Gasteiger partial charge in [-0.05, 0) is 61.8 Å². The predicted molar refractivity (Wildman–Crippen MR) is 142 cm³/mol. The first-order chi connectivity index (χ1) is 18.4. The minimum atomic E-state index is -0.791. The molecule has 0 aliphatic carbocycles. The van der Waals surface area contributed by atoms with Gasteiger partial charge in [0, 0.05) is 38.7 Å². The number of aromatic nitrogens is 2. The van der Waals surface area contributed by atoms with Crippen molar-refractivity contribution >= 4 is 34.6 Å². The lowest BCUT2D eigenvalue weighted by Crippen LogP contribution is -2.36. The fraction of sp³-hybridized carbons (Fsp3) is 0.448. The molecular formula is C29H33N3O6. The van der Waals surface area contributed by atoms with Crippen molar-refractivity contribution in [3.05, 3.63) is 64.6 Å². The Hall–Kier alpha value is -3.88. The number of esters is 3. The molecule has 2 fully saturated rings. The van der Waals surface area contributed by atoms with Gasteiger partial charge in [0.1, 0.15) is 12.6 Å². The van der Waals surface area contributed by atoms with Gasteiger partial charge in [-0.15, -0.1) is 0 Å². The number of rotatable bonds is 8. The van der Waals surface area contributed by atoms with Crippen molar-refractivity contribution in [2.45, 2.75) is 57.6 Å². The van der Waals surface area contributed by atoms with Gasteiger partial charge < -0.3 is 14.4 Å². The molecule has 5 rings (SSSR count). The van der Waals surface area contributed by atoms with E-state index in [9.17, 15) is 19.2 Å². The number of fused-ring (bicyclic) bond motifs is 1. The van der Waals surface area contributed by atoms with Crippen LogP contribution in [-0.2, 0) is 37.5 Å². The quantitative estimate of drug-likeness (QED) is 0.329. The maximum absolute atomic E-state index is 13.0. The Morgan fingerprint density at radius 2 is 1.76 bits per heavy atom. The van der Waals surface area contributed by atoms with Crippen molar-refractivity contribution in [3.63, 3.8) is 0 Å². The third-order valence-corrected chi connectivity index (χ3v) is 7.71. The number of carbonyl (C=O) groups is 3. The van der Waals surface area contributed by atoms with Gasteiger partial charge in [-0.3, -0.25) is 18.7 Å². The molecule has 1 unspecified atom stereocenters. The summed E-state index contributed by atoms with van der Waals surface area (Å²) in [5, 5.41) is 0. The Bertz CT molecular complexity index is 1380. The Kier molecular flexibility index (Phi) is 7.62. The predicted octanol–water partition coefficient (Wildman–Crippen LogP) is 3.87. The average molecular weight is 520 g/mol. The van der Waals surface area contributed by atoms with E-state index in [2.05, 4.69) is 4.90 Å². The van der Waals surface area contributed by atoms with Crippen molar-refractivity contribution < 1.29 is 23.9 Å². The molecular weight excluding hydrogens is 486 g/mol. The van der Waals surface area contributed by atoms with Crippen molar-refractivity contribution in [2.75, 3.05) is 18.0 Å². The molecule has 1 aromatic heterocycles. The monoisotopic (exact) mass is 519 g/mol. The molecule has 2 saturated heterocycles. The van der Waals surface area contributed by atoms with Crippen LogP contribution in [0.15, 0.2) is 53.3 Å². The second-order valence-corrected chi connectivity index (χ2v) is 10.2. The summed E-state index contributed by atoms with van der Waals surface area (Å²) < 4.78 is 13.2. The molecule has 1 atom stereocenters. The Morgan fingerprint density at radius 3 is 2.50 bits per heavy atom. The van der Waals surface area contributed by atoms with Crippen molar-refractivity contribution in [1.82, 2.24) is 9.13 Å². The summed E-state index contributed by atoms with van der Waals surface area (Å²) in [6.07, 6.45) is 4.73. The minimum absolute atomic E-state index is 0.112. The molecule has 0 saturated carbocycles. The van der Waals surface area contributed by atoms with E-state index in [0.29, 0.717) is 24.5 Å². The van der Waals surface area contributed by atoms with E-state index in [4.69, 9.17) is 9.47 Å². The number of anilines is 1. The molecule has 2 aromatic carbocycles. The van der Waals surface area contributed by atoms with Crippen molar-refractivity contribution in [3.8, 4) is 0 Å². The Labute approximate surface area is 220 Å². The summed E-state index contributed by atoms with van der Waals surface area (Å²) in [6, 6.07) is 14.8. The van der Waals surface area contributed by atoms with Crippen LogP contribution in [0.5, 0.6) is 0 Å². The summed E-state index contributed by atoms with van der Waals surface area (Å²) in [5.41, 5.74) is 3.14. The van der Waals surface area contributed by atoms with Gasteiger partial charge in [0.25, 0.3) is 0 Å². The maximum atomic E-state index is 13.0. The Morgan fingerprint density at radius 1 is 1.00 bits per heavy atom. The number of carbonyl (C=O) groups excluding carboxylic acids is 3. The maximum Gasteiger partial charge on any atom is 0.336 e. The third kappa shape index (κ3) is 5.51. The van der Waals surface area contributed by atoms with Gasteiger partial charge in [0.15, 0.2) is 0 Å². The average Bonchev–Trinajstić information content (AvgIpc) is 3.17. The summed E-state index contributed by atoms with van der Waals surface area (Å²) >= 11 is 0. The van der Waals surface area contributed by atoms with Crippen molar-refractivity contribution in [2.24, 2.45) is 13.0 Å². The lowest BCUT2D eigenvalue weighted by Gasteiger charge is -2.33. The summed E-state index contributed by atoms with van der Waals surface area (Å²) in [4.78, 5) is 51.2. The van der Waals surface area contributed by atoms with Crippen LogP contribution in [0.25, 0.3) is 11.0 Å². The van der Waals surface area contributed by atoms with Crippen LogP contribution in [0.3, 0.4) is 0 Å². The van der Waals surface area contributed by atoms with Crippen LogP contribution in [0, 0.1) is 5.92 Å². The lowest BCUT2D eigenvalue weighted by molar-refractivity contribution is -0.166. The smallest absolute Gasteiger partial charge is 0.336 e. The molecule has 0 N–H and O–H groups in total. The van der Waals surface area contributed by atoms with E-state index in [1.54, 1.807) is 11.6 Å². The van der Waals surface area contributed by atoms with E-state index >= 15 is 0 Å². The molecule has 38 heavy (non-hydrogen) atoms. The molecule has 0 radical (unpaired) electrons. The van der Waals surface area contributed by atoms with Gasteiger partial charge in [0.05, 0.1) is 11.0 Å². The van der Waals surface area contributed by atoms with E-state index in [0.717, 1.165) is 55.5 Å². The molecule has 0 bridgehead atoms. The SMILES string of the molecule is Cn1c(=O)n(C2CCC(=O)OC2=O)c2ccc(N3CCC(CCCC(=O)OCc4ccccc4)CC3)cc21. The van der Waals surface area contributed by atoms with Gasteiger partial charge in [-0.25, -0.2) is 9.59 Å². The topological polar surface area (TPSA) is 99.8 Å². The normalized spacial score (nSPS) is 18.6. The minimum Gasteiger partial charge on any atom is -0.461 e. The molecule has 3 heterocycles. The van der Waals surface area contributed by atoms with Crippen LogP contribution in [0.1, 0.15) is 56.6 Å². The van der Waals surface area contributed by atoms with E-state index in [1.165, 1.54) is 4.57 Å². The molecule has 9 heteroatoms. The zero-order valence-corrected chi connectivity index (χ0v) is 21.6. The number of ether oxygens (including phenoxy) is 2. The summed E-state index contributed by atoms with van der Waals surface area (Å²) in [6.45, 7) is 2.13. The standard InChI is InChI=1S/C29H33N3O6/c1-30-25-18-22(10-11-23(25)32(29(30)36)24-12-13-27(34)38-28(24)35)31-16-14-20(15-17-31)8-5-9-26(33)37-19-21-6-3-2-4-7-21/h2-4,6-7,10-11,18,20,24H,5,8-9,12-17,19H2,1H3. The second-order valence-electron chi connectivity index (χ2n) is 10.2. The first kappa shape index (κ1) is 25.8. The number of hydrogen-bond donors (Lipinski definition) is 0. The fourth-order valence-electron chi connectivity index (χ4n) is 5.51. The van der Waals surface area contributed by atoms with Gasteiger partial charge >= 0.3 is 23.6 Å². The van der Waals surface area contributed by atoms with E-state index in [-0.39, 0.29) is 24.5 Å². The van der Waals surface area contributed by atoms with Crippen LogP contribution < -0.4 is 10.6 Å². The largest absolute Gasteiger partial charge is 0.461 e. The number of imidazole rings is 1. The highest BCUT2D eigenvalue weighted by Crippen LogP contribution is 2.30. The zero-order chi connectivity index (χ0) is 26.6. The highest BCUT2D eigenvalue weighted by Gasteiger charge is 2.33. The number of nitrogens with zero attached hydrogens (tertiary/aromatic N) is 3. The first-order valence-electron chi connectivity index (χ1n) is 13.3. The number of hydrogen-bond acceptors (Lipinski definition) is 7. The molecule has 2 aliphatic rings. The number of piperidine rings is 1.